The molecule has 0 fully saturated rings. The summed E-state index contributed by atoms with van der Waals surface area (Å²) in [4.78, 5) is 32.0. The first-order valence-corrected chi connectivity index (χ1v) is 8.71. The third-order valence-corrected chi connectivity index (χ3v) is 4.27. The molecule has 0 bridgehead atoms. The minimum Gasteiger partial charge on any atom is -0.475 e. The summed E-state index contributed by atoms with van der Waals surface area (Å²) in [6, 6.07) is 4.76. The Labute approximate surface area is 161 Å². The van der Waals surface area contributed by atoms with Crippen molar-refractivity contribution in [3.8, 4) is 5.95 Å². The lowest BCUT2D eigenvalue weighted by atomic mass is 10.1. The summed E-state index contributed by atoms with van der Waals surface area (Å²) in [6.45, 7) is 7.60. The lowest BCUT2D eigenvalue weighted by Gasteiger charge is -2.06. The molecule has 0 saturated heterocycles. The van der Waals surface area contributed by atoms with E-state index >= 15 is 0 Å². The van der Waals surface area contributed by atoms with Crippen LogP contribution in [0.25, 0.3) is 5.95 Å². The summed E-state index contributed by atoms with van der Waals surface area (Å²) in [5, 5.41) is 16.1. The lowest BCUT2D eigenvalue weighted by Crippen LogP contribution is -2.24. The van der Waals surface area contributed by atoms with E-state index in [1.807, 2.05) is 33.8 Å². The van der Waals surface area contributed by atoms with Gasteiger partial charge in [0.25, 0.3) is 5.95 Å². The number of carbonyl (C=O) groups is 2. The molecule has 0 saturated carbocycles. The Morgan fingerprint density at radius 1 is 1.14 bits per heavy atom. The van der Waals surface area contributed by atoms with Crippen molar-refractivity contribution in [3.05, 3.63) is 58.1 Å². The number of carboxylic acids is 1. The smallest absolute Gasteiger partial charge is 0.371 e. The van der Waals surface area contributed by atoms with Crippen LogP contribution in [0.1, 0.15) is 44.7 Å². The fourth-order valence-corrected chi connectivity index (χ4v) is 2.92. The van der Waals surface area contributed by atoms with Gasteiger partial charge in [-0.3, -0.25) is 4.79 Å². The Kier molecular flexibility index (Phi) is 5.25. The molecule has 9 nitrogen and oxygen atoms in total. The van der Waals surface area contributed by atoms with Crippen LogP contribution in [-0.4, -0.2) is 36.7 Å². The van der Waals surface area contributed by atoms with Crippen LogP contribution in [0, 0.1) is 27.7 Å². The maximum Gasteiger partial charge on any atom is 0.371 e. The van der Waals surface area contributed by atoms with Gasteiger partial charge in [-0.1, -0.05) is 0 Å². The maximum absolute atomic E-state index is 12.3. The number of carboxylic acid groups (broad SMARTS) is 1. The largest absolute Gasteiger partial charge is 0.475 e. The van der Waals surface area contributed by atoms with Gasteiger partial charge in [0, 0.05) is 22.6 Å². The van der Waals surface area contributed by atoms with Crippen LogP contribution >= 0.6 is 0 Å². The molecule has 0 aliphatic heterocycles. The van der Waals surface area contributed by atoms with Gasteiger partial charge in [-0.15, -0.1) is 0 Å². The van der Waals surface area contributed by atoms with E-state index in [4.69, 9.17) is 9.52 Å². The van der Waals surface area contributed by atoms with E-state index in [0.717, 1.165) is 28.3 Å². The average Bonchev–Trinajstić information content (AvgIpc) is 3.19. The van der Waals surface area contributed by atoms with Crippen molar-refractivity contribution in [1.82, 2.24) is 25.1 Å². The molecule has 3 aromatic heterocycles. The van der Waals surface area contributed by atoms with E-state index in [1.165, 1.54) is 12.1 Å². The van der Waals surface area contributed by atoms with Crippen molar-refractivity contribution in [1.29, 1.82) is 0 Å². The lowest BCUT2D eigenvalue weighted by molar-refractivity contribution is -0.120. The van der Waals surface area contributed by atoms with Crippen molar-refractivity contribution in [2.24, 2.45) is 0 Å². The number of amides is 1. The predicted molar refractivity (Wildman–Crippen MR) is 99.3 cm³/mol. The van der Waals surface area contributed by atoms with Gasteiger partial charge >= 0.3 is 5.97 Å². The summed E-state index contributed by atoms with van der Waals surface area (Å²) in [6.07, 6.45) is 0.134. The maximum atomic E-state index is 12.3. The van der Waals surface area contributed by atoms with Gasteiger partial charge in [-0.25, -0.2) is 19.4 Å². The topological polar surface area (TPSA) is 123 Å². The van der Waals surface area contributed by atoms with Crippen molar-refractivity contribution in [2.45, 2.75) is 40.7 Å². The predicted octanol–water partition coefficient (Wildman–Crippen LogP) is 2.05. The highest BCUT2D eigenvalue weighted by Gasteiger charge is 2.18. The molecule has 0 aliphatic carbocycles. The molecule has 9 heteroatoms. The Balaban J connectivity index is 1.72. The van der Waals surface area contributed by atoms with E-state index < -0.39 is 5.97 Å². The highest BCUT2D eigenvalue weighted by Crippen LogP contribution is 2.17. The summed E-state index contributed by atoms with van der Waals surface area (Å²) >= 11 is 0. The SMILES string of the molecule is Cc1cc(C)nc(-n2nc(C)c(CC(=O)NCc3ccc(C(=O)O)o3)c2C)n1. The fraction of sp³-hybridized carbons (Fsp3) is 0.316. The van der Waals surface area contributed by atoms with Crippen LogP contribution in [0.3, 0.4) is 0 Å². The number of aromatic carboxylic acids is 1. The number of aryl methyl sites for hydroxylation is 3. The molecule has 146 valence electrons. The van der Waals surface area contributed by atoms with Crippen molar-refractivity contribution in [2.75, 3.05) is 0 Å². The normalized spacial score (nSPS) is 10.9. The first kappa shape index (κ1) is 19.3. The number of nitrogens with one attached hydrogen (secondary N) is 1. The van der Waals surface area contributed by atoms with Crippen molar-refractivity contribution < 1.29 is 19.1 Å². The van der Waals surface area contributed by atoms with E-state index in [0.29, 0.717) is 11.7 Å². The zero-order chi connectivity index (χ0) is 20.4. The van der Waals surface area contributed by atoms with Crippen LogP contribution < -0.4 is 5.32 Å². The first-order valence-electron chi connectivity index (χ1n) is 8.71. The molecule has 3 rings (SSSR count). The van der Waals surface area contributed by atoms with Gasteiger partial charge in [0.05, 0.1) is 18.7 Å². The number of aromatic nitrogens is 4. The Hall–Kier alpha value is -3.49. The van der Waals surface area contributed by atoms with Crippen molar-refractivity contribution >= 4 is 11.9 Å². The number of nitrogens with zero attached hydrogens (tertiary/aromatic N) is 4. The van der Waals surface area contributed by atoms with Crippen LogP contribution in [0.15, 0.2) is 22.6 Å². The average molecular weight is 383 g/mol. The molecule has 0 aromatic carbocycles. The number of hydrogen-bond donors (Lipinski definition) is 2. The first-order chi connectivity index (χ1) is 13.2. The van der Waals surface area contributed by atoms with Gasteiger partial charge < -0.3 is 14.8 Å². The second kappa shape index (κ2) is 7.63. The zero-order valence-corrected chi connectivity index (χ0v) is 16.1. The number of hydrogen-bond acceptors (Lipinski definition) is 6. The zero-order valence-electron chi connectivity index (χ0n) is 16.1. The Morgan fingerprint density at radius 3 is 2.43 bits per heavy atom. The number of rotatable bonds is 6. The van der Waals surface area contributed by atoms with Crippen LogP contribution in [0.4, 0.5) is 0 Å². The van der Waals surface area contributed by atoms with Gasteiger partial charge in [0.2, 0.25) is 11.7 Å². The van der Waals surface area contributed by atoms with E-state index in [2.05, 4.69) is 20.4 Å². The van der Waals surface area contributed by atoms with Gasteiger partial charge in [0.1, 0.15) is 5.76 Å². The second-order valence-corrected chi connectivity index (χ2v) is 6.54. The Morgan fingerprint density at radius 2 is 1.82 bits per heavy atom. The molecule has 1 amide bonds. The van der Waals surface area contributed by atoms with Crippen LogP contribution in [-0.2, 0) is 17.8 Å². The molecule has 3 aromatic rings. The van der Waals surface area contributed by atoms with Gasteiger partial charge in [-0.05, 0) is 45.9 Å². The van der Waals surface area contributed by atoms with E-state index in [9.17, 15) is 9.59 Å². The third kappa shape index (κ3) is 4.08. The molecule has 0 spiro atoms. The van der Waals surface area contributed by atoms with Gasteiger partial charge in [-0.2, -0.15) is 5.10 Å². The number of carbonyl (C=O) groups excluding carboxylic acids is 1. The standard InChI is InChI=1S/C19H21N5O4/c1-10-7-11(2)22-19(21-10)24-13(4)15(12(3)23-24)8-17(25)20-9-14-5-6-16(28-14)18(26)27/h5-7H,8-9H2,1-4H3,(H,20,25)(H,26,27). The molecule has 0 atom stereocenters. The quantitative estimate of drug-likeness (QED) is 0.668. The minimum atomic E-state index is -1.15. The second-order valence-electron chi connectivity index (χ2n) is 6.54. The summed E-state index contributed by atoms with van der Waals surface area (Å²) in [7, 11) is 0. The molecule has 2 N–H and O–H groups in total. The molecular weight excluding hydrogens is 362 g/mol. The summed E-state index contributed by atoms with van der Waals surface area (Å²) < 4.78 is 6.77. The highest BCUT2D eigenvalue weighted by molar-refractivity contribution is 5.84. The molecule has 0 unspecified atom stereocenters. The van der Waals surface area contributed by atoms with Gasteiger partial charge in [0.15, 0.2) is 0 Å². The highest BCUT2D eigenvalue weighted by atomic mass is 16.4. The summed E-state index contributed by atoms with van der Waals surface area (Å²) in [5.41, 5.74) is 4.00. The molecule has 0 aliphatic rings. The number of furan rings is 1. The monoisotopic (exact) mass is 383 g/mol. The van der Waals surface area contributed by atoms with Crippen LogP contribution in [0.2, 0.25) is 0 Å². The van der Waals surface area contributed by atoms with E-state index in [1.54, 1.807) is 4.68 Å². The molecule has 28 heavy (non-hydrogen) atoms. The summed E-state index contributed by atoms with van der Waals surface area (Å²) in [5.74, 6) is -0.684. The van der Waals surface area contributed by atoms with E-state index in [-0.39, 0.29) is 24.6 Å². The van der Waals surface area contributed by atoms with Crippen LogP contribution in [0.5, 0.6) is 0 Å². The fourth-order valence-electron chi connectivity index (χ4n) is 2.92. The minimum absolute atomic E-state index is 0.110. The molecule has 3 heterocycles. The third-order valence-electron chi connectivity index (χ3n) is 4.27. The van der Waals surface area contributed by atoms with Crippen molar-refractivity contribution in [3.63, 3.8) is 0 Å². The molecule has 0 radical (unpaired) electrons. The molecular formula is C19H21N5O4. The Bertz CT molecular complexity index is 1030.